The van der Waals surface area contributed by atoms with E-state index in [9.17, 15) is 4.79 Å². The molecule has 0 saturated carbocycles. The van der Waals surface area contributed by atoms with Gasteiger partial charge >= 0.3 is 0 Å². The SMILES string of the molecule is COCCOCC(=O)N(C)C(C)(C)CBr. The van der Waals surface area contributed by atoms with Crippen LogP contribution in [-0.2, 0) is 14.3 Å². The van der Waals surface area contributed by atoms with Gasteiger partial charge in [0, 0.05) is 25.0 Å². The van der Waals surface area contributed by atoms with E-state index >= 15 is 0 Å². The Morgan fingerprint density at radius 1 is 1.40 bits per heavy atom. The van der Waals surface area contributed by atoms with Crippen LogP contribution >= 0.6 is 15.9 Å². The van der Waals surface area contributed by atoms with Crippen LogP contribution in [0.25, 0.3) is 0 Å². The predicted octanol–water partition coefficient (Wildman–Crippen LogP) is 1.28. The summed E-state index contributed by atoms with van der Waals surface area (Å²) >= 11 is 3.38. The van der Waals surface area contributed by atoms with Crippen molar-refractivity contribution in [2.24, 2.45) is 0 Å². The molecule has 0 aliphatic rings. The molecular weight excluding hydrogens is 262 g/mol. The van der Waals surface area contributed by atoms with Crippen molar-refractivity contribution in [1.29, 1.82) is 0 Å². The van der Waals surface area contributed by atoms with E-state index in [2.05, 4.69) is 15.9 Å². The average Bonchev–Trinajstić information content (AvgIpc) is 2.23. The van der Waals surface area contributed by atoms with Crippen molar-refractivity contribution in [3.63, 3.8) is 0 Å². The maximum atomic E-state index is 11.7. The highest BCUT2D eigenvalue weighted by Crippen LogP contribution is 2.15. The summed E-state index contributed by atoms with van der Waals surface area (Å²) in [5.74, 6) is -0.0180. The predicted molar refractivity (Wildman–Crippen MR) is 63.3 cm³/mol. The number of alkyl halides is 1. The fraction of sp³-hybridized carbons (Fsp3) is 0.900. The second-order valence-corrected chi connectivity index (χ2v) is 4.50. The van der Waals surface area contributed by atoms with Gasteiger partial charge in [0.05, 0.1) is 13.2 Å². The zero-order chi connectivity index (χ0) is 11.9. The molecule has 0 aromatic rings. The van der Waals surface area contributed by atoms with Crippen LogP contribution in [0.5, 0.6) is 0 Å². The lowest BCUT2D eigenvalue weighted by Gasteiger charge is -2.34. The van der Waals surface area contributed by atoms with Gasteiger partial charge in [-0.25, -0.2) is 0 Å². The molecule has 0 bridgehead atoms. The Morgan fingerprint density at radius 2 is 2.00 bits per heavy atom. The van der Waals surface area contributed by atoms with Crippen LogP contribution in [0.1, 0.15) is 13.8 Å². The smallest absolute Gasteiger partial charge is 0.248 e. The zero-order valence-electron chi connectivity index (χ0n) is 9.88. The Balaban J connectivity index is 3.89. The van der Waals surface area contributed by atoms with Crippen molar-refractivity contribution in [1.82, 2.24) is 4.90 Å². The van der Waals surface area contributed by atoms with Gasteiger partial charge in [0.1, 0.15) is 6.61 Å². The number of nitrogens with zero attached hydrogens (tertiary/aromatic N) is 1. The Kier molecular flexibility index (Phi) is 7.13. The van der Waals surface area contributed by atoms with Crippen molar-refractivity contribution in [2.45, 2.75) is 19.4 Å². The molecule has 0 aliphatic heterocycles. The molecule has 0 radical (unpaired) electrons. The first-order valence-electron chi connectivity index (χ1n) is 4.85. The number of carbonyl (C=O) groups excluding carboxylic acids is 1. The van der Waals surface area contributed by atoms with E-state index in [0.29, 0.717) is 13.2 Å². The number of amides is 1. The second kappa shape index (κ2) is 7.19. The minimum atomic E-state index is -0.193. The van der Waals surface area contributed by atoms with Crippen LogP contribution in [0.2, 0.25) is 0 Å². The Bertz CT molecular complexity index is 197. The molecule has 0 N–H and O–H groups in total. The van der Waals surface area contributed by atoms with E-state index in [0.717, 1.165) is 5.33 Å². The standard InChI is InChI=1S/C10H20BrNO3/c1-10(2,8-11)12(3)9(13)7-15-6-5-14-4/h5-8H2,1-4H3. The quantitative estimate of drug-likeness (QED) is 0.521. The van der Waals surface area contributed by atoms with Gasteiger partial charge in [-0.1, -0.05) is 15.9 Å². The highest BCUT2D eigenvalue weighted by molar-refractivity contribution is 9.09. The van der Waals surface area contributed by atoms with Crippen LogP contribution < -0.4 is 0 Å². The van der Waals surface area contributed by atoms with Crippen molar-refractivity contribution in [3.8, 4) is 0 Å². The summed E-state index contributed by atoms with van der Waals surface area (Å²) in [7, 11) is 3.38. The first kappa shape index (κ1) is 14.9. The van der Waals surface area contributed by atoms with Crippen molar-refractivity contribution < 1.29 is 14.3 Å². The molecule has 0 aromatic heterocycles. The summed E-state index contributed by atoms with van der Waals surface area (Å²) < 4.78 is 9.98. The molecule has 1 amide bonds. The van der Waals surface area contributed by atoms with E-state index in [1.165, 1.54) is 0 Å². The third kappa shape index (κ3) is 5.49. The summed E-state index contributed by atoms with van der Waals surface area (Å²) in [4.78, 5) is 13.3. The Labute approximate surface area is 100 Å². The largest absolute Gasteiger partial charge is 0.382 e. The summed E-state index contributed by atoms with van der Waals surface area (Å²) in [6, 6.07) is 0. The summed E-state index contributed by atoms with van der Waals surface area (Å²) in [5, 5.41) is 0.736. The molecule has 0 unspecified atom stereocenters. The summed E-state index contributed by atoms with van der Waals surface area (Å²) in [5.41, 5.74) is -0.193. The fourth-order valence-electron chi connectivity index (χ4n) is 0.826. The van der Waals surface area contributed by atoms with Gasteiger partial charge in [-0.2, -0.15) is 0 Å². The monoisotopic (exact) mass is 281 g/mol. The number of methoxy groups -OCH3 is 1. The molecule has 0 rings (SSSR count). The molecule has 15 heavy (non-hydrogen) atoms. The average molecular weight is 282 g/mol. The lowest BCUT2D eigenvalue weighted by atomic mass is 10.1. The van der Waals surface area contributed by atoms with Crippen molar-refractivity contribution in [3.05, 3.63) is 0 Å². The lowest BCUT2D eigenvalue weighted by molar-refractivity contribution is -0.139. The number of hydrogen-bond donors (Lipinski definition) is 0. The van der Waals surface area contributed by atoms with E-state index in [-0.39, 0.29) is 18.1 Å². The van der Waals surface area contributed by atoms with E-state index < -0.39 is 0 Å². The van der Waals surface area contributed by atoms with Crippen LogP contribution in [-0.4, -0.2) is 55.7 Å². The first-order valence-corrected chi connectivity index (χ1v) is 5.97. The van der Waals surface area contributed by atoms with Crippen molar-refractivity contribution in [2.75, 3.05) is 39.3 Å². The lowest BCUT2D eigenvalue weighted by Crippen LogP contribution is -2.47. The molecule has 0 aromatic carbocycles. The molecule has 0 spiro atoms. The van der Waals surface area contributed by atoms with Gasteiger partial charge in [-0.3, -0.25) is 4.79 Å². The Hall–Kier alpha value is -0.130. The molecule has 0 heterocycles. The van der Waals surface area contributed by atoms with E-state index in [1.54, 1.807) is 19.1 Å². The van der Waals surface area contributed by atoms with Gasteiger partial charge in [0.2, 0.25) is 5.91 Å². The molecule has 0 fully saturated rings. The minimum Gasteiger partial charge on any atom is -0.382 e. The highest BCUT2D eigenvalue weighted by atomic mass is 79.9. The van der Waals surface area contributed by atoms with Gasteiger partial charge in [0.25, 0.3) is 0 Å². The zero-order valence-corrected chi connectivity index (χ0v) is 11.5. The number of carbonyl (C=O) groups is 1. The van der Waals surface area contributed by atoms with Crippen molar-refractivity contribution >= 4 is 21.8 Å². The van der Waals surface area contributed by atoms with E-state index in [4.69, 9.17) is 9.47 Å². The highest BCUT2D eigenvalue weighted by Gasteiger charge is 2.26. The number of halogens is 1. The van der Waals surface area contributed by atoms with Crippen LogP contribution in [0.3, 0.4) is 0 Å². The topological polar surface area (TPSA) is 38.8 Å². The van der Waals surface area contributed by atoms with E-state index in [1.807, 2.05) is 13.8 Å². The first-order chi connectivity index (χ1) is 6.95. The normalized spacial score (nSPS) is 11.5. The molecule has 0 atom stereocenters. The molecule has 5 heteroatoms. The Morgan fingerprint density at radius 3 is 2.47 bits per heavy atom. The van der Waals surface area contributed by atoms with Crippen LogP contribution in [0, 0.1) is 0 Å². The van der Waals surface area contributed by atoms with Gasteiger partial charge in [-0.15, -0.1) is 0 Å². The molecular formula is C10H20BrNO3. The molecule has 0 aliphatic carbocycles. The third-order valence-corrected chi connectivity index (χ3v) is 3.64. The number of likely N-dealkylation sites (N-methyl/N-ethyl adjacent to an activating group) is 1. The third-order valence-electron chi connectivity index (χ3n) is 2.27. The van der Waals surface area contributed by atoms with Gasteiger partial charge in [-0.05, 0) is 13.8 Å². The molecule has 90 valence electrons. The summed E-state index contributed by atoms with van der Waals surface area (Å²) in [6.45, 7) is 5.06. The number of ether oxygens (including phenoxy) is 2. The molecule has 4 nitrogen and oxygen atoms in total. The maximum Gasteiger partial charge on any atom is 0.248 e. The van der Waals surface area contributed by atoms with Crippen LogP contribution in [0.15, 0.2) is 0 Å². The maximum absolute atomic E-state index is 11.7. The summed E-state index contributed by atoms with van der Waals surface area (Å²) in [6.07, 6.45) is 0. The van der Waals surface area contributed by atoms with Gasteiger partial charge < -0.3 is 14.4 Å². The fourth-order valence-corrected chi connectivity index (χ4v) is 1.20. The second-order valence-electron chi connectivity index (χ2n) is 3.94. The minimum absolute atomic E-state index is 0.0180. The molecule has 0 saturated heterocycles. The van der Waals surface area contributed by atoms with Crippen LogP contribution in [0.4, 0.5) is 0 Å². The number of rotatable bonds is 7. The number of hydrogen-bond acceptors (Lipinski definition) is 3. The van der Waals surface area contributed by atoms with Gasteiger partial charge in [0.15, 0.2) is 0 Å².